The summed E-state index contributed by atoms with van der Waals surface area (Å²) < 4.78 is 0. The minimum Gasteiger partial charge on any atom is -0.368 e. The van der Waals surface area contributed by atoms with Crippen LogP contribution in [0.15, 0.2) is 0 Å². The first-order valence-electron chi connectivity index (χ1n) is 7.92. The molecule has 0 atom stereocenters. The van der Waals surface area contributed by atoms with Gasteiger partial charge >= 0.3 is 0 Å². The molecule has 122 valence electrons. The van der Waals surface area contributed by atoms with Gasteiger partial charge in [0, 0.05) is 39.1 Å². The number of aromatic nitrogens is 3. The zero-order chi connectivity index (χ0) is 15.9. The highest BCUT2D eigenvalue weighted by Gasteiger charge is 2.19. The number of anilines is 3. The highest BCUT2D eigenvalue weighted by Crippen LogP contribution is 2.12. The van der Waals surface area contributed by atoms with E-state index in [4.69, 9.17) is 5.73 Å². The van der Waals surface area contributed by atoms with Crippen LogP contribution in [0.2, 0.25) is 0 Å². The minimum absolute atomic E-state index is 0.217. The highest BCUT2D eigenvalue weighted by molar-refractivity contribution is 5.77. The van der Waals surface area contributed by atoms with Gasteiger partial charge in [0.05, 0.1) is 0 Å². The van der Waals surface area contributed by atoms with Gasteiger partial charge in [-0.2, -0.15) is 15.0 Å². The van der Waals surface area contributed by atoms with Gasteiger partial charge in [-0.05, 0) is 26.7 Å². The van der Waals surface area contributed by atoms with Crippen LogP contribution in [0.25, 0.3) is 0 Å². The standard InChI is InChI=1S/C14H25N7O/c1-3-20(4-2)14-18-12(15)17-13(19-14)16-8-6-10-21-9-5-7-11(21)22/h3-10H2,1-2H3,(H3,15,16,17,18,19). The number of hydrogen-bond donors (Lipinski definition) is 2. The van der Waals surface area contributed by atoms with Crippen molar-refractivity contribution < 1.29 is 4.79 Å². The number of carbonyl (C=O) groups is 1. The van der Waals surface area contributed by atoms with E-state index in [1.807, 2.05) is 23.6 Å². The van der Waals surface area contributed by atoms with Crippen LogP contribution in [0.4, 0.5) is 17.8 Å². The number of rotatable bonds is 8. The van der Waals surface area contributed by atoms with Gasteiger partial charge in [0.25, 0.3) is 0 Å². The van der Waals surface area contributed by atoms with Crippen molar-refractivity contribution in [1.82, 2.24) is 19.9 Å². The summed E-state index contributed by atoms with van der Waals surface area (Å²) in [5.41, 5.74) is 5.75. The third-order valence-electron chi connectivity index (χ3n) is 3.75. The molecule has 0 spiro atoms. The van der Waals surface area contributed by atoms with Gasteiger partial charge in [-0.15, -0.1) is 0 Å². The number of carbonyl (C=O) groups excluding carboxylic acids is 1. The molecule has 8 nitrogen and oxygen atoms in total. The number of hydrogen-bond acceptors (Lipinski definition) is 7. The Morgan fingerprint density at radius 1 is 1.27 bits per heavy atom. The smallest absolute Gasteiger partial charge is 0.231 e. The van der Waals surface area contributed by atoms with E-state index >= 15 is 0 Å². The Balaban J connectivity index is 1.85. The van der Waals surface area contributed by atoms with Crippen LogP contribution in [0, 0.1) is 0 Å². The third kappa shape index (κ3) is 4.19. The molecule has 0 radical (unpaired) electrons. The van der Waals surface area contributed by atoms with Gasteiger partial charge in [-0.25, -0.2) is 0 Å². The van der Waals surface area contributed by atoms with Crippen molar-refractivity contribution in [3.8, 4) is 0 Å². The van der Waals surface area contributed by atoms with Gasteiger partial charge in [0.1, 0.15) is 0 Å². The third-order valence-corrected chi connectivity index (χ3v) is 3.75. The molecule has 1 aromatic heterocycles. The first-order valence-corrected chi connectivity index (χ1v) is 7.92. The Morgan fingerprint density at radius 2 is 2.05 bits per heavy atom. The maximum Gasteiger partial charge on any atom is 0.231 e. The quantitative estimate of drug-likeness (QED) is 0.683. The Morgan fingerprint density at radius 3 is 2.68 bits per heavy atom. The van der Waals surface area contributed by atoms with Gasteiger partial charge in [0.2, 0.25) is 23.8 Å². The first-order chi connectivity index (χ1) is 10.6. The Hall–Kier alpha value is -2.12. The van der Waals surface area contributed by atoms with E-state index in [0.717, 1.165) is 39.0 Å². The zero-order valence-corrected chi connectivity index (χ0v) is 13.4. The molecule has 22 heavy (non-hydrogen) atoms. The SMILES string of the molecule is CCN(CC)c1nc(N)nc(NCCCN2CCCC2=O)n1. The molecule has 2 heterocycles. The summed E-state index contributed by atoms with van der Waals surface area (Å²) in [6, 6.07) is 0. The van der Waals surface area contributed by atoms with Gasteiger partial charge in [0.15, 0.2) is 0 Å². The molecular formula is C14H25N7O. The molecule has 1 amide bonds. The molecule has 0 aliphatic carbocycles. The second kappa shape index (κ2) is 7.77. The lowest BCUT2D eigenvalue weighted by molar-refractivity contribution is -0.127. The van der Waals surface area contributed by atoms with Crippen LogP contribution in [-0.4, -0.2) is 58.5 Å². The Bertz CT molecular complexity index is 504. The maximum atomic E-state index is 11.5. The zero-order valence-electron chi connectivity index (χ0n) is 13.4. The van der Waals surface area contributed by atoms with Crippen molar-refractivity contribution in [2.75, 3.05) is 48.7 Å². The van der Waals surface area contributed by atoms with E-state index in [-0.39, 0.29) is 11.9 Å². The summed E-state index contributed by atoms with van der Waals surface area (Å²) in [4.78, 5) is 28.1. The molecule has 0 saturated carbocycles. The fourth-order valence-corrected chi connectivity index (χ4v) is 2.52. The second-order valence-corrected chi connectivity index (χ2v) is 5.25. The summed E-state index contributed by atoms with van der Waals surface area (Å²) in [5, 5.41) is 3.16. The molecule has 3 N–H and O–H groups in total. The number of nitrogens with one attached hydrogen (secondary N) is 1. The van der Waals surface area contributed by atoms with E-state index in [2.05, 4.69) is 20.3 Å². The topological polar surface area (TPSA) is 100 Å². The Kier molecular flexibility index (Phi) is 5.74. The van der Waals surface area contributed by atoms with E-state index < -0.39 is 0 Å². The normalized spacial score (nSPS) is 14.5. The number of nitrogens with two attached hydrogens (primary N) is 1. The predicted octanol–water partition coefficient (Wildman–Crippen LogP) is 0.724. The van der Waals surface area contributed by atoms with Crippen molar-refractivity contribution in [2.24, 2.45) is 0 Å². The van der Waals surface area contributed by atoms with Crippen molar-refractivity contribution in [2.45, 2.75) is 33.1 Å². The maximum absolute atomic E-state index is 11.5. The van der Waals surface area contributed by atoms with E-state index in [1.54, 1.807) is 0 Å². The molecule has 1 fully saturated rings. The largest absolute Gasteiger partial charge is 0.368 e. The second-order valence-electron chi connectivity index (χ2n) is 5.25. The molecule has 0 bridgehead atoms. The molecule has 8 heteroatoms. The first kappa shape index (κ1) is 16.3. The average molecular weight is 307 g/mol. The van der Waals surface area contributed by atoms with Crippen molar-refractivity contribution in [1.29, 1.82) is 0 Å². The average Bonchev–Trinajstić information content (AvgIpc) is 2.90. The molecule has 1 saturated heterocycles. The lowest BCUT2D eigenvalue weighted by atomic mass is 10.4. The fourth-order valence-electron chi connectivity index (χ4n) is 2.52. The molecule has 0 aromatic carbocycles. The number of nitrogen functional groups attached to an aromatic ring is 1. The van der Waals surface area contributed by atoms with Crippen LogP contribution < -0.4 is 16.0 Å². The molecule has 2 rings (SSSR count). The summed E-state index contributed by atoms with van der Waals surface area (Å²) in [5.74, 6) is 1.55. The summed E-state index contributed by atoms with van der Waals surface area (Å²) in [7, 11) is 0. The van der Waals surface area contributed by atoms with Crippen LogP contribution in [-0.2, 0) is 4.79 Å². The highest BCUT2D eigenvalue weighted by atomic mass is 16.2. The number of nitrogens with zero attached hydrogens (tertiary/aromatic N) is 5. The van der Waals surface area contributed by atoms with Crippen LogP contribution in [0.3, 0.4) is 0 Å². The summed E-state index contributed by atoms with van der Waals surface area (Å²) in [6.45, 7) is 8.07. The molecule has 1 aromatic rings. The summed E-state index contributed by atoms with van der Waals surface area (Å²) in [6.07, 6.45) is 2.52. The molecule has 1 aliphatic heterocycles. The number of amides is 1. The number of likely N-dealkylation sites (tertiary alicyclic amines) is 1. The van der Waals surface area contributed by atoms with Gasteiger partial charge in [-0.3, -0.25) is 4.79 Å². The van der Waals surface area contributed by atoms with E-state index in [1.165, 1.54) is 0 Å². The minimum atomic E-state index is 0.217. The van der Waals surface area contributed by atoms with Crippen molar-refractivity contribution in [3.63, 3.8) is 0 Å². The summed E-state index contributed by atoms with van der Waals surface area (Å²) >= 11 is 0. The van der Waals surface area contributed by atoms with E-state index in [0.29, 0.717) is 24.9 Å². The van der Waals surface area contributed by atoms with E-state index in [9.17, 15) is 4.79 Å². The monoisotopic (exact) mass is 307 g/mol. The molecular weight excluding hydrogens is 282 g/mol. The van der Waals surface area contributed by atoms with Crippen LogP contribution in [0.5, 0.6) is 0 Å². The van der Waals surface area contributed by atoms with Gasteiger partial charge < -0.3 is 20.9 Å². The van der Waals surface area contributed by atoms with Gasteiger partial charge in [-0.1, -0.05) is 0 Å². The van der Waals surface area contributed by atoms with Crippen LogP contribution in [0.1, 0.15) is 33.1 Å². The molecule has 1 aliphatic rings. The fraction of sp³-hybridized carbons (Fsp3) is 0.714. The van der Waals surface area contributed by atoms with Crippen LogP contribution >= 0.6 is 0 Å². The Labute approximate surface area is 131 Å². The lowest BCUT2D eigenvalue weighted by Crippen LogP contribution is -2.27. The lowest BCUT2D eigenvalue weighted by Gasteiger charge is -2.19. The van der Waals surface area contributed by atoms with Crippen molar-refractivity contribution in [3.05, 3.63) is 0 Å². The predicted molar refractivity (Wildman–Crippen MR) is 86.7 cm³/mol. The molecule has 0 unspecified atom stereocenters. The van der Waals surface area contributed by atoms with Crippen molar-refractivity contribution >= 4 is 23.8 Å².